The molecule has 0 saturated carbocycles. The Bertz CT molecular complexity index is 679. The minimum absolute atomic E-state index is 0.331. The van der Waals surface area contributed by atoms with Crippen molar-refractivity contribution in [1.29, 1.82) is 5.26 Å². The van der Waals surface area contributed by atoms with Gasteiger partial charge in [0.05, 0.1) is 5.56 Å². The first-order valence-electron chi connectivity index (χ1n) is 5.82. The van der Waals surface area contributed by atoms with Crippen molar-refractivity contribution in [2.24, 2.45) is 0 Å². The Morgan fingerprint density at radius 2 is 2.10 bits per heavy atom. The number of halogens is 2. The van der Waals surface area contributed by atoms with Crippen molar-refractivity contribution in [2.75, 3.05) is 17.7 Å². The zero-order chi connectivity index (χ0) is 14.7. The fourth-order valence-corrected chi connectivity index (χ4v) is 2.31. The second-order valence-electron chi connectivity index (χ2n) is 4.31. The highest BCUT2D eigenvalue weighted by Crippen LogP contribution is 2.28. The molecule has 0 unspecified atom stereocenters. The van der Waals surface area contributed by atoms with Gasteiger partial charge in [0, 0.05) is 30.5 Å². The molecule has 2 aromatic rings. The van der Waals surface area contributed by atoms with Crippen LogP contribution in [0.1, 0.15) is 11.1 Å². The molecule has 0 saturated heterocycles. The molecule has 0 fully saturated rings. The number of anilines is 2. The summed E-state index contributed by atoms with van der Waals surface area (Å²) >= 11 is 12.3. The Morgan fingerprint density at radius 3 is 2.80 bits per heavy atom. The van der Waals surface area contributed by atoms with Gasteiger partial charge in [-0.25, -0.2) is 4.98 Å². The maximum absolute atomic E-state index is 8.98. The van der Waals surface area contributed by atoms with Gasteiger partial charge >= 0.3 is 0 Å². The molecule has 102 valence electrons. The molecule has 0 radical (unpaired) electrons. The van der Waals surface area contributed by atoms with E-state index in [1.54, 1.807) is 30.5 Å². The van der Waals surface area contributed by atoms with Crippen LogP contribution in [0.5, 0.6) is 0 Å². The van der Waals surface area contributed by atoms with Crippen LogP contribution in [0.15, 0.2) is 30.5 Å². The number of pyridine rings is 1. The Hall–Kier alpha value is -1.96. The van der Waals surface area contributed by atoms with Crippen LogP contribution in [-0.4, -0.2) is 12.0 Å². The van der Waals surface area contributed by atoms with Gasteiger partial charge in [-0.05, 0) is 29.8 Å². The number of hydrogen-bond donors (Lipinski definition) is 1. The molecule has 6 heteroatoms. The number of nitrogen functional groups attached to an aromatic ring is 1. The number of rotatable bonds is 3. The first-order chi connectivity index (χ1) is 9.52. The van der Waals surface area contributed by atoms with Crippen molar-refractivity contribution in [3.8, 4) is 6.07 Å². The third-order valence-electron chi connectivity index (χ3n) is 2.83. The highest BCUT2D eigenvalue weighted by Gasteiger charge is 2.13. The molecule has 2 N–H and O–H groups in total. The van der Waals surface area contributed by atoms with Gasteiger partial charge < -0.3 is 10.6 Å². The normalized spacial score (nSPS) is 10.1. The van der Waals surface area contributed by atoms with Crippen molar-refractivity contribution in [2.45, 2.75) is 6.54 Å². The van der Waals surface area contributed by atoms with Crippen LogP contribution in [0.25, 0.3) is 0 Å². The van der Waals surface area contributed by atoms with E-state index in [1.165, 1.54) is 0 Å². The smallest absolute Gasteiger partial charge is 0.148 e. The highest BCUT2D eigenvalue weighted by molar-refractivity contribution is 6.34. The lowest BCUT2D eigenvalue weighted by Crippen LogP contribution is -2.18. The molecule has 1 heterocycles. The van der Waals surface area contributed by atoms with Crippen LogP contribution in [0, 0.1) is 11.3 Å². The molecule has 0 atom stereocenters. The summed E-state index contributed by atoms with van der Waals surface area (Å²) in [7, 11) is 1.83. The second kappa shape index (κ2) is 6.00. The Kier molecular flexibility index (Phi) is 4.33. The standard InChI is InChI=1S/C14H12Cl2N4/c1-20(8-10-6-11(18)2-3-12(10)15)14-13(16)9(7-17)4-5-19-14/h2-6H,8,18H2,1H3. The molecule has 0 aliphatic heterocycles. The molecular weight excluding hydrogens is 295 g/mol. The molecule has 0 amide bonds. The fourth-order valence-electron chi connectivity index (χ4n) is 1.83. The van der Waals surface area contributed by atoms with Crippen molar-refractivity contribution < 1.29 is 0 Å². The summed E-state index contributed by atoms with van der Waals surface area (Å²) in [4.78, 5) is 6.03. The minimum atomic E-state index is 0.331. The molecule has 0 bridgehead atoms. The van der Waals surface area contributed by atoms with Crippen LogP contribution in [0.2, 0.25) is 10.0 Å². The van der Waals surface area contributed by atoms with Gasteiger partial charge in [-0.3, -0.25) is 0 Å². The fraction of sp³-hybridized carbons (Fsp3) is 0.143. The van der Waals surface area contributed by atoms with E-state index in [4.69, 9.17) is 34.2 Å². The number of hydrogen-bond acceptors (Lipinski definition) is 4. The second-order valence-corrected chi connectivity index (χ2v) is 5.10. The molecule has 0 aliphatic rings. The Morgan fingerprint density at radius 1 is 1.35 bits per heavy atom. The Labute approximate surface area is 127 Å². The maximum Gasteiger partial charge on any atom is 0.148 e. The lowest BCUT2D eigenvalue weighted by atomic mass is 10.2. The number of benzene rings is 1. The van der Waals surface area contributed by atoms with Gasteiger partial charge in [0.1, 0.15) is 16.9 Å². The molecule has 4 nitrogen and oxygen atoms in total. The Balaban J connectivity index is 2.31. The molecule has 0 spiro atoms. The maximum atomic E-state index is 8.98. The van der Waals surface area contributed by atoms with E-state index in [0.29, 0.717) is 33.7 Å². The predicted molar refractivity (Wildman–Crippen MR) is 81.9 cm³/mol. The summed E-state index contributed by atoms with van der Waals surface area (Å²) in [5.41, 5.74) is 7.66. The van der Waals surface area contributed by atoms with E-state index in [0.717, 1.165) is 5.56 Å². The van der Waals surface area contributed by atoms with E-state index >= 15 is 0 Å². The monoisotopic (exact) mass is 306 g/mol. The van der Waals surface area contributed by atoms with Crippen LogP contribution in [-0.2, 0) is 6.54 Å². The summed E-state index contributed by atoms with van der Waals surface area (Å²) < 4.78 is 0. The van der Waals surface area contributed by atoms with Crippen molar-refractivity contribution in [1.82, 2.24) is 4.98 Å². The van der Waals surface area contributed by atoms with Gasteiger partial charge in [-0.2, -0.15) is 5.26 Å². The van der Waals surface area contributed by atoms with Crippen LogP contribution in [0.3, 0.4) is 0 Å². The van der Waals surface area contributed by atoms with Crippen molar-refractivity contribution in [3.05, 3.63) is 51.6 Å². The summed E-state index contributed by atoms with van der Waals surface area (Å²) in [5, 5.41) is 9.93. The third-order valence-corrected chi connectivity index (χ3v) is 3.57. The lowest BCUT2D eigenvalue weighted by Gasteiger charge is -2.20. The van der Waals surface area contributed by atoms with E-state index in [-0.39, 0.29) is 0 Å². The average molecular weight is 307 g/mol. The minimum Gasteiger partial charge on any atom is -0.399 e. The van der Waals surface area contributed by atoms with E-state index in [1.807, 2.05) is 18.0 Å². The predicted octanol–water partition coefficient (Wildman–Crippen LogP) is 3.48. The van der Waals surface area contributed by atoms with E-state index in [2.05, 4.69) is 4.98 Å². The molecule has 20 heavy (non-hydrogen) atoms. The molecule has 1 aromatic carbocycles. The molecular formula is C14H12Cl2N4. The van der Waals surface area contributed by atoms with Crippen LogP contribution >= 0.6 is 23.2 Å². The van der Waals surface area contributed by atoms with E-state index in [9.17, 15) is 0 Å². The van der Waals surface area contributed by atoms with Crippen LogP contribution < -0.4 is 10.6 Å². The highest BCUT2D eigenvalue weighted by atomic mass is 35.5. The zero-order valence-electron chi connectivity index (χ0n) is 10.8. The lowest BCUT2D eigenvalue weighted by molar-refractivity contribution is 0.898. The van der Waals surface area contributed by atoms with Gasteiger partial charge in [0.2, 0.25) is 0 Å². The van der Waals surface area contributed by atoms with Gasteiger partial charge in [-0.1, -0.05) is 23.2 Å². The average Bonchev–Trinajstić information content (AvgIpc) is 2.43. The van der Waals surface area contributed by atoms with Crippen molar-refractivity contribution in [3.63, 3.8) is 0 Å². The SMILES string of the molecule is CN(Cc1cc(N)ccc1Cl)c1nccc(C#N)c1Cl. The first-order valence-corrected chi connectivity index (χ1v) is 6.58. The quantitative estimate of drug-likeness (QED) is 0.882. The zero-order valence-corrected chi connectivity index (χ0v) is 12.3. The number of nitrogens with two attached hydrogens (primary N) is 1. The van der Waals surface area contributed by atoms with Gasteiger partial charge in [-0.15, -0.1) is 0 Å². The van der Waals surface area contributed by atoms with Crippen molar-refractivity contribution >= 4 is 34.7 Å². The number of nitriles is 1. The number of aromatic nitrogens is 1. The third kappa shape index (κ3) is 2.96. The summed E-state index contributed by atoms with van der Waals surface area (Å²) in [6.07, 6.45) is 1.55. The summed E-state index contributed by atoms with van der Waals surface area (Å²) in [6, 6.07) is 8.91. The summed E-state index contributed by atoms with van der Waals surface area (Å²) in [5.74, 6) is 0.532. The molecule has 1 aromatic heterocycles. The van der Waals surface area contributed by atoms with E-state index < -0.39 is 0 Å². The topological polar surface area (TPSA) is 65.9 Å². The largest absolute Gasteiger partial charge is 0.399 e. The van der Waals surface area contributed by atoms with Gasteiger partial charge in [0.25, 0.3) is 0 Å². The molecule has 2 rings (SSSR count). The number of nitrogens with zero attached hydrogens (tertiary/aromatic N) is 3. The molecule has 0 aliphatic carbocycles. The first kappa shape index (κ1) is 14.4. The summed E-state index contributed by atoms with van der Waals surface area (Å²) in [6.45, 7) is 0.492. The van der Waals surface area contributed by atoms with Gasteiger partial charge in [0.15, 0.2) is 0 Å². The van der Waals surface area contributed by atoms with Crippen LogP contribution in [0.4, 0.5) is 11.5 Å².